The first-order valence-electron chi connectivity index (χ1n) is 22.9. The molecule has 5 amide bonds. The number of alkyl carbamates (subject to hydrolysis) is 1. The SMILES string of the molecule is O=C(N[C@@H]1CCCCC/C=C/[C@@H]2C[C@@]2(C(=O)NS(=O)(=O)C2CC2)NC(=O)[C@@H]2C[C@@H](n3nc(-c4ccccc4)c(-c4cccc(C(=O)Nc5ccc(F)cc5)c4)n3)CN2C1=O)OC1CCCC1. The maximum atomic E-state index is 14.9. The van der Waals surface area contributed by atoms with E-state index in [1.54, 1.807) is 24.3 Å². The quantitative estimate of drug-likeness (QED) is 0.133. The molecule has 66 heavy (non-hydrogen) atoms. The van der Waals surface area contributed by atoms with Gasteiger partial charge in [-0.15, -0.1) is 0 Å². The Morgan fingerprint density at radius 3 is 2.29 bits per heavy atom. The van der Waals surface area contributed by atoms with Crippen molar-refractivity contribution in [1.29, 1.82) is 0 Å². The summed E-state index contributed by atoms with van der Waals surface area (Å²) in [5.74, 6) is -3.31. The van der Waals surface area contributed by atoms with E-state index in [2.05, 4.69) is 20.7 Å². The van der Waals surface area contributed by atoms with E-state index in [1.165, 1.54) is 34.0 Å². The van der Waals surface area contributed by atoms with E-state index in [0.717, 1.165) is 38.5 Å². The van der Waals surface area contributed by atoms with Gasteiger partial charge in [-0.05, 0) is 101 Å². The molecule has 18 heteroatoms. The number of ether oxygens (including phenoxy) is 1. The highest BCUT2D eigenvalue weighted by Crippen LogP contribution is 2.46. The molecular formula is C48H53FN8O8S. The number of rotatable bonds is 10. The van der Waals surface area contributed by atoms with Crippen LogP contribution in [0.3, 0.4) is 0 Å². The number of anilines is 1. The monoisotopic (exact) mass is 920 g/mol. The van der Waals surface area contributed by atoms with Crippen LogP contribution in [0.15, 0.2) is 91.0 Å². The van der Waals surface area contributed by atoms with E-state index >= 15 is 0 Å². The normalized spacial score (nSPS) is 25.3. The van der Waals surface area contributed by atoms with Gasteiger partial charge in [-0.25, -0.2) is 17.6 Å². The molecule has 5 aliphatic rings. The summed E-state index contributed by atoms with van der Waals surface area (Å²) in [5, 5.41) is 17.8. The number of carbonyl (C=O) groups is 5. The standard InChI is InChI=1S/C48H53FN8O8S/c49-34-20-22-35(23-21-34)50-43(58)32-15-11-14-31(26-32)42-41(30-12-5-4-6-13-30)53-57(54-42)36-27-40-44(59)52-48(46(61)55-66(63,64)38-24-25-38)28-33(48)16-7-2-1-3-8-19-39(45(60)56(40)29-36)51-47(62)65-37-17-9-10-18-37/h4-7,11-16,20-23,26,33,36-40H,1-3,8-10,17-19,24-25,27-29H2,(H,50,58)(H,51,62)(H,52,59)(H,55,61)/b16-7+/t33-,36-,39-,40+,48-/m1/s1. The number of amides is 5. The average molecular weight is 921 g/mol. The lowest BCUT2D eigenvalue weighted by Crippen LogP contribution is -2.58. The van der Waals surface area contributed by atoms with E-state index in [9.17, 15) is 36.8 Å². The number of sulfonamides is 1. The lowest BCUT2D eigenvalue weighted by atomic mass is 10.0. The van der Waals surface area contributed by atoms with Gasteiger partial charge in [0.2, 0.25) is 21.8 Å². The molecule has 346 valence electrons. The summed E-state index contributed by atoms with van der Waals surface area (Å²) >= 11 is 0. The highest BCUT2D eigenvalue weighted by Gasteiger charge is 2.62. The number of aromatic nitrogens is 3. The first kappa shape index (κ1) is 44.8. The molecule has 0 unspecified atom stereocenters. The zero-order valence-electron chi connectivity index (χ0n) is 36.4. The van der Waals surface area contributed by atoms with Crippen molar-refractivity contribution in [3.63, 3.8) is 0 Å². The molecule has 0 radical (unpaired) electrons. The van der Waals surface area contributed by atoms with Crippen molar-refractivity contribution >= 4 is 45.4 Å². The Balaban J connectivity index is 1.05. The van der Waals surface area contributed by atoms with Crippen molar-refractivity contribution in [2.75, 3.05) is 11.9 Å². The molecule has 4 aromatic rings. The number of allylic oxidation sites excluding steroid dienone is 1. The number of nitrogens with zero attached hydrogens (tertiary/aromatic N) is 4. The number of halogens is 1. The summed E-state index contributed by atoms with van der Waals surface area (Å²) in [5.41, 5.74) is 1.33. The maximum absolute atomic E-state index is 14.9. The number of hydrogen-bond acceptors (Lipinski definition) is 10. The smallest absolute Gasteiger partial charge is 0.408 e. The summed E-state index contributed by atoms with van der Waals surface area (Å²) in [6.45, 7) is -0.0478. The van der Waals surface area contributed by atoms with E-state index < -0.39 is 80.4 Å². The van der Waals surface area contributed by atoms with Gasteiger partial charge in [0.05, 0.1) is 11.3 Å². The van der Waals surface area contributed by atoms with Crippen LogP contribution in [0.1, 0.15) is 99.9 Å². The molecule has 4 N–H and O–H groups in total. The fourth-order valence-electron chi connectivity index (χ4n) is 9.29. The molecule has 3 aromatic carbocycles. The number of hydrogen-bond donors (Lipinski definition) is 4. The Morgan fingerprint density at radius 1 is 0.833 bits per heavy atom. The van der Waals surface area contributed by atoms with Crippen molar-refractivity contribution in [3.05, 3.63) is 102 Å². The first-order valence-corrected chi connectivity index (χ1v) is 24.4. The van der Waals surface area contributed by atoms with E-state index in [-0.39, 0.29) is 25.5 Å². The van der Waals surface area contributed by atoms with Crippen molar-refractivity contribution in [2.24, 2.45) is 5.92 Å². The second-order valence-electron chi connectivity index (χ2n) is 18.0. The Morgan fingerprint density at radius 2 is 1.55 bits per heavy atom. The van der Waals surface area contributed by atoms with Crippen LogP contribution in [-0.4, -0.2) is 93.6 Å². The number of carbonyl (C=O) groups excluding carboxylic acids is 5. The number of nitrogens with one attached hydrogen (secondary N) is 4. The molecule has 9 rings (SSSR count). The van der Waals surface area contributed by atoms with Crippen LogP contribution < -0.4 is 20.7 Å². The van der Waals surface area contributed by atoms with Crippen LogP contribution in [0.25, 0.3) is 22.5 Å². The van der Waals surface area contributed by atoms with Crippen LogP contribution in [0.4, 0.5) is 14.9 Å². The lowest BCUT2D eigenvalue weighted by molar-refractivity contribution is -0.141. The van der Waals surface area contributed by atoms with Gasteiger partial charge in [-0.3, -0.25) is 23.9 Å². The lowest BCUT2D eigenvalue weighted by Gasteiger charge is -2.30. The molecule has 0 spiro atoms. The second kappa shape index (κ2) is 18.8. The zero-order valence-corrected chi connectivity index (χ0v) is 37.2. The first-order chi connectivity index (χ1) is 31.9. The largest absolute Gasteiger partial charge is 0.446 e. The van der Waals surface area contributed by atoms with Gasteiger partial charge >= 0.3 is 6.09 Å². The minimum atomic E-state index is -3.95. The fourth-order valence-corrected chi connectivity index (χ4v) is 10.7. The summed E-state index contributed by atoms with van der Waals surface area (Å²) in [6, 6.07) is 18.7. The maximum Gasteiger partial charge on any atom is 0.408 e. The number of benzene rings is 3. The third kappa shape index (κ3) is 9.88. The summed E-state index contributed by atoms with van der Waals surface area (Å²) in [6.07, 6.45) is 10.4. The van der Waals surface area contributed by atoms with Crippen molar-refractivity contribution in [2.45, 2.75) is 118 Å². The molecule has 2 aliphatic heterocycles. The topological polar surface area (TPSA) is 211 Å². The molecule has 1 aromatic heterocycles. The van der Waals surface area contributed by atoms with E-state index in [0.29, 0.717) is 65.9 Å². The Hall–Kier alpha value is -6.43. The number of fused-ring (bicyclic) bond motifs is 2. The van der Waals surface area contributed by atoms with E-state index in [4.69, 9.17) is 14.9 Å². The predicted octanol–water partition coefficient (Wildman–Crippen LogP) is 6.19. The average Bonchev–Trinajstić information content (AvgIpc) is 4.08. The third-order valence-electron chi connectivity index (χ3n) is 13.2. The Bertz CT molecular complexity index is 2630. The van der Waals surface area contributed by atoms with Gasteiger partial charge in [-0.1, -0.05) is 67.5 Å². The van der Waals surface area contributed by atoms with Crippen LogP contribution in [0.5, 0.6) is 0 Å². The minimum Gasteiger partial charge on any atom is -0.446 e. The highest BCUT2D eigenvalue weighted by atomic mass is 32.2. The second-order valence-corrected chi connectivity index (χ2v) is 20.0. The molecule has 4 fully saturated rings. The molecule has 3 aliphatic carbocycles. The fraction of sp³-hybridized carbons (Fsp3) is 0.438. The van der Waals surface area contributed by atoms with Crippen LogP contribution in [-0.2, 0) is 29.1 Å². The van der Waals surface area contributed by atoms with Gasteiger partial charge in [0, 0.05) is 41.3 Å². The molecule has 3 saturated carbocycles. The molecule has 0 bridgehead atoms. The van der Waals surface area contributed by atoms with Crippen LogP contribution in [0, 0.1) is 11.7 Å². The Kier molecular flexibility index (Phi) is 12.8. The molecule has 3 heterocycles. The van der Waals surface area contributed by atoms with Crippen LogP contribution >= 0.6 is 0 Å². The van der Waals surface area contributed by atoms with Gasteiger partial charge < -0.3 is 25.6 Å². The highest BCUT2D eigenvalue weighted by molar-refractivity contribution is 7.91. The zero-order chi connectivity index (χ0) is 46.0. The summed E-state index contributed by atoms with van der Waals surface area (Å²) in [4.78, 5) is 73.2. The van der Waals surface area contributed by atoms with Gasteiger partial charge in [0.15, 0.2) is 0 Å². The van der Waals surface area contributed by atoms with Crippen molar-refractivity contribution in [3.8, 4) is 22.5 Å². The van der Waals surface area contributed by atoms with Crippen molar-refractivity contribution < 1.29 is 41.5 Å². The molecular weight excluding hydrogens is 868 g/mol. The van der Waals surface area contributed by atoms with Gasteiger partial charge in [-0.2, -0.15) is 15.0 Å². The van der Waals surface area contributed by atoms with E-state index in [1.807, 2.05) is 42.5 Å². The van der Waals surface area contributed by atoms with Crippen LogP contribution in [0.2, 0.25) is 0 Å². The molecule has 1 saturated heterocycles. The third-order valence-corrected chi connectivity index (χ3v) is 15.0. The summed E-state index contributed by atoms with van der Waals surface area (Å²) < 4.78 is 47.6. The Labute approximate surface area is 382 Å². The summed E-state index contributed by atoms with van der Waals surface area (Å²) in [7, 11) is -3.95. The molecule has 16 nitrogen and oxygen atoms in total. The van der Waals surface area contributed by atoms with Gasteiger partial charge in [0.1, 0.15) is 40.9 Å². The minimum absolute atomic E-state index is 0.0118. The predicted molar refractivity (Wildman–Crippen MR) is 241 cm³/mol. The van der Waals surface area contributed by atoms with Gasteiger partial charge in [0.25, 0.3) is 11.8 Å². The molecule has 5 atom stereocenters. The van der Waals surface area contributed by atoms with Crippen molar-refractivity contribution in [1.82, 2.24) is 35.2 Å².